The molecule has 78 valence electrons. The molecule has 0 amide bonds. The zero-order valence-electron chi connectivity index (χ0n) is 8.84. The summed E-state index contributed by atoms with van der Waals surface area (Å²) >= 11 is 0. The van der Waals surface area contributed by atoms with Gasteiger partial charge in [0.1, 0.15) is 5.54 Å². The first-order valence-corrected chi connectivity index (χ1v) is 4.96. The molecule has 0 heterocycles. The fraction of sp³-hybridized carbons (Fsp3) is 0.900. The van der Waals surface area contributed by atoms with Crippen molar-refractivity contribution in [2.45, 2.75) is 52.0 Å². The van der Waals surface area contributed by atoms with Gasteiger partial charge in [-0.1, -0.05) is 33.1 Å². The zero-order chi connectivity index (χ0) is 10.5. The molecule has 3 nitrogen and oxygen atoms in total. The smallest absolute Gasteiger partial charge is 0.323 e. The van der Waals surface area contributed by atoms with Crippen LogP contribution in [0.1, 0.15) is 46.5 Å². The number of rotatable bonds is 6. The summed E-state index contributed by atoms with van der Waals surface area (Å²) < 4.78 is 0. The highest BCUT2D eigenvalue weighted by Crippen LogP contribution is 2.21. The lowest BCUT2D eigenvalue weighted by Crippen LogP contribution is -2.46. The third-order valence-electron chi connectivity index (χ3n) is 2.48. The quantitative estimate of drug-likeness (QED) is 0.668. The van der Waals surface area contributed by atoms with Crippen molar-refractivity contribution in [3.05, 3.63) is 0 Å². The van der Waals surface area contributed by atoms with Crippen LogP contribution in [0, 0.1) is 5.92 Å². The van der Waals surface area contributed by atoms with Crippen molar-refractivity contribution in [3.63, 3.8) is 0 Å². The third kappa shape index (κ3) is 4.27. The Kier molecular flexibility index (Phi) is 4.99. The molecule has 0 aromatic carbocycles. The van der Waals surface area contributed by atoms with Gasteiger partial charge in [-0.05, 0) is 19.3 Å². The SMILES string of the molecule is CCCC(CC)CC(C)(N)C(=O)O. The van der Waals surface area contributed by atoms with Crippen LogP contribution in [0.3, 0.4) is 0 Å². The largest absolute Gasteiger partial charge is 0.480 e. The van der Waals surface area contributed by atoms with E-state index in [4.69, 9.17) is 10.8 Å². The van der Waals surface area contributed by atoms with Gasteiger partial charge in [-0.25, -0.2) is 0 Å². The normalized spacial score (nSPS) is 17.8. The minimum Gasteiger partial charge on any atom is -0.480 e. The van der Waals surface area contributed by atoms with E-state index >= 15 is 0 Å². The molecule has 0 aromatic heterocycles. The van der Waals surface area contributed by atoms with Gasteiger partial charge in [0.2, 0.25) is 0 Å². The zero-order valence-corrected chi connectivity index (χ0v) is 8.84. The van der Waals surface area contributed by atoms with Gasteiger partial charge in [0.15, 0.2) is 0 Å². The van der Waals surface area contributed by atoms with Crippen LogP contribution in [-0.2, 0) is 4.79 Å². The Balaban J connectivity index is 4.13. The van der Waals surface area contributed by atoms with Gasteiger partial charge >= 0.3 is 5.97 Å². The molecule has 0 bridgehead atoms. The molecule has 13 heavy (non-hydrogen) atoms. The van der Waals surface area contributed by atoms with Gasteiger partial charge in [0.25, 0.3) is 0 Å². The highest BCUT2D eigenvalue weighted by molar-refractivity contribution is 5.77. The molecular weight excluding hydrogens is 166 g/mol. The Morgan fingerprint density at radius 1 is 1.54 bits per heavy atom. The molecule has 0 saturated carbocycles. The highest BCUT2D eigenvalue weighted by Gasteiger charge is 2.30. The number of hydrogen-bond acceptors (Lipinski definition) is 2. The summed E-state index contributed by atoms with van der Waals surface area (Å²) in [7, 11) is 0. The molecule has 3 heteroatoms. The maximum absolute atomic E-state index is 10.8. The van der Waals surface area contributed by atoms with Gasteiger partial charge in [0.05, 0.1) is 0 Å². The molecular formula is C10H21NO2. The van der Waals surface area contributed by atoms with Crippen molar-refractivity contribution < 1.29 is 9.90 Å². The second-order valence-corrected chi connectivity index (χ2v) is 3.99. The Bertz CT molecular complexity index is 166. The Labute approximate surface area is 80.3 Å². The van der Waals surface area contributed by atoms with Crippen molar-refractivity contribution in [3.8, 4) is 0 Å². The highest BCUT2D eigenvalue weighted by atomic mass is 16.4. The molecule has 3 N–H and O–H groups in total. The van der Waals surface area contributed by atoms with E-state index in [2.05, 4.69) is 13.8 Å². The van der Waals surface area contributed by atoms with Crippen LogP contribution in [0.15, 0.2) is 0 Å². The van der Waals surface area contributed by atoms with E-state index < -0.39 is 11.5 Å². The Hall–Kier alpha value is -0.570. The topological polar surface area (TPSA) is 63.3 Å². The molecule has 0 aliphatic rings. The van der Waals surface area contributed by atoms with Crippen molar-refractivity contribution in [1.29, 1.82) is 0 Å². The lowest BCUT2D eigenvalue weighted by Gasteiger charge is -2.24. The molecule has 0 saturated heterocycles. The molecule has 2 unspecified atom stereocenters. The van der Waals surface area contributed by atoms with Crippen LogP contribution in [-0.4, -0.2) is 16.6 Å². The van der Waals surface area contributed by atoms with E-state index in [0.717, 1.165) is 19.3 Å². The van der Waals surface area contributed by atoms with Crippen molar-refractivity contribution in [2.24, 2.45) is 11.7 Å². The standard InChI is InChI=1S/C10H21NO2/c1-4-6-8(5-2)7-10(3,11)9(12)13/h8H,4-7,11H2,1-3H3,(H,12,13). The maximum Gasteiger partial charge on any atom is 0.323 e. The second kappa shape index (κ2) is 5.22. The first-order chi connectivity index (χ1) is 5.94. The number of hydrogen-bond donors (Lipinski definition) is 2. The van der Waals surface area contributed by atoms with E-state index in [-0.39, 0.29) is 0 Å². The average molecular weight is 187 g/mol. The molecule has 0 aliphatic heterocycles. The Morgan fingerprint density at radius 2 is 2.08 bits per heavy atom. The predicted octanol–water partition coefficient (Wildman–Crippen LogP) is 2.00. The summed E-state index contributed by atoms with van der Waals surface area (Å²) in [6, 6.07) is 0. The fourth-order valence-electron chi connectivity index (χ4n) is 1.55. The molecule has 0 fully saturated rings. The minimum absolute atomic E-state index is 0.441. The molecule has 0 radical (unpaired) electrons. The van der Waals surface area contributed by atoms with Crippen LogP contribution in [0.2, 0.25) is 0 Å². The van der Waals surface area contributed by atoms with Gasteiger partial charge in [-0.2, -0.15) is 0 Å². The average Bonchev–Trinajstić information content (AvgIpc) is 2.03. The van der Waals surface area contributed by atoms with E-state index in [1.807, 2.05) is 0 Å². The molecule has 0 rings (SSSR count). The number of carboxylic acid groups (broad SMARTS) is 1. The fourth-order valence-corrected chi connectivity index (χ4v) is 1.55. The lowest BCUT2D eigenvalue weighted by molar-refractivity contribution is -0.143. The molecule has 0 spiro atoms. The van der Waals surface area contributed by atoms with Gasteiger partial charge in [-0.3, -0.25) is 4.79 Å². The predicted molar refractivity (Wildman–Crippen MR) is 53.5 cm³/mol. The van der Waals surface area contributed by atoms with Crippen molar-refractivity contribution >= 4 is 5.97 Å². The van der Waals surface area contributed by atoms with Crippen molar-refractivity contribution in [1.82, 2.24) is 0 Å². The summed E-state index contributed by atoms with van der Waals surface area (Å²) in [5, 5.41) is 8.83. The summed E-state index contributed by atoms with van der Waals surface area (Å²) in [6.07, 6.45) is 3.74. The van der Waals surface area contributed by atoms with Gasteiger partial charge < -0.3 is 10.8 Å². The number of carboxylic acids is 1. The van der Waals surface area contributed by atoms with Crippen LogP contribution >= 0.6 is 0 Å². The second-order valence-electron chi connectivity index (χ2n) is 3.99. The number of nitrogens with two attached hydrogens (primary N) is 1. The van der Waals surface area contributed by atoms with Crippen LogP contribution in [0.5, 0.6) is 0 Å². The maximum atomic E-state index is 10.8. The summed E-state index contributed by atoms with van der Waals surface area (Å²) in [5.74, 6) is -0.460. The molecule has 0 aromatic rings. The van der Waals surface area contributed by atoms with Crippen LogP contribution in [0.25, 0.3) is 0 Å². The van der Waals surface area contributed by atoms with E-state index in [0.29, 0.717) is 12.3 Å². The van der Waals surface area contributed by atoms with Crippen LogP contribution < -0.4 is 5.73 Å². The van der Waals surface area contributed by atoms with Gasteiger partial charge in [-0.15, -0.1) is 0 Å². The van der Waals surface area contributed by atoms with Crippen LogP contribution in [0.4, 0.5) is 0 Å². The van der Waals surface area contributed by atoms with E-state index in [9.17, 15) is 4.79 Å². The summed E-state index contributed by atoms with van der Waals surface area (Å²) in [6.45, 7) is 5.78. The lowest BCUT2D eigenvalue weighted by atomic mass is 9.86. The number of aliphatic carboxylic acids is 1. The molecule has 0 aliphatic carbocycles. The summed E-state index contributed by atoms with van der Waals surface area (Å²) in [5.41, 5.74) is 4.61. The minimum atomic E-state index is -1.06. The first-order valence-electron chi connectivity index (χ1n) is 4.96. The Morgan fingerprint density at radius 3 is 2.38 bits per heavy atom. The monoisotopic (exact) mass is 187 g/mol. The van der Waals surface area contributed by atoms with E-state index in [1.54, 1.807) is 6.92 Å². The van der Waals surface area contributed by atoms with Crippen molar-refractivity contribution in [2.75, 3.05) is 0 Å². The third-order valence-corrected chi connectivity index (χ3v) is 2.48. The first kappa shape index (κ1) is 12.4. The van der Waals surface area contributed by atoms with E-state index in [1.165, 1.54) is 0 Å². The molecule has 2 atom stereocenters. The summed E-state index contributed by atoms with van der Waals surface area (Å²) in [4.78, 5) is 10.8. The van der Waals surface area contributed by atoms with Gasteiger partial charge in [0, 0.05) is 0 Å². The number of carbonyl (C=O) groups is 1.